The summed E-state index contributed by atoms with van der Waals surface area (Å²) in [6, 6.07) is 9.09. The van der Waals surface area contributed by atoms with E-state index < -0.39 is 0 Å². The van der Waals surface area contributed by atoms with E-state index in [-0.39, 0.29) is 0 Å². The Kier molecular flexibility index (Phi) is 3.15. The lowest BCUT2D eigenvalue weighted by atomic mass is 10.3. The van der Waals surface area contributed by atoms with E-state index in [4.69, 9.17) is 21.8 Å². The lowest BCUT2D eigenvalue weighted by Crippen LogP contribution is -1.92. The van der Waals surface area contributed by atoms with E-state index in [1.54, 1.807) is 18.4 Å². The monoisotopic (exact) mass is 291 g/mol. The summed E-state index contributed by atoms with van der Waals surface area (Å²) in [5, 5.41) is 6.43. The molecule has 3 rings (SSSR count). The summed E-state index contributed by atoms with van der Waals surface area (Å²) in [6.07, 6.45) is 1.63. The number of rotatable bonds is 3. The zero-order chi connectivity index (χ0) is 13.2. The van der Waals surface area contributed by atoms with Crippen LogP contribution < -0.4 is 11.1 Å². The minimum absolute atomic E-state index is 0.537. The molecule has 2 aromatic heterocycles. The average Bonchev–Trinajstić information content (AvgIpc) is 3.04. The highest BCUT2D eigenvalue weighted by atomic mass is 35.5. The summed E-state index contributed by atoms with van der Waals surface area (Å²) >= 11 is 7.37. The maximum absolute atomic E-state index is 5.88. The molecule has 0 saturated carbocycles. The molecule has 0 radical (unpaired) electrons. The van der Waals surface area contributed by atoms with Gasteiger partial charge in [-0.15, -0.1) is 11.3 Å². The fraction of sp³-hybridized carbons (Fsp3) is 0. The van der Waals surface area contributed by atoms with E-state index in [0.717, 1.165) is 22.3 Å². The molecule has 2 heterocycles. The van der Waals surface area contributed by atoms with Crippen LogP contribution >= 0.6 is 22.9 Å². The van der Waals surface area contributed by atoms with E-state index in [9.17, 15) is 0 Å². The number of anilines is 3. The molecular weight excluding hydrogens is 282 g/mol. The van der Waals surface area contributed by atoms with Crippen LogP contribution in [0.2, 0.25) is 5.02 Å². The molecule has 0 aliphatic carbocycles. The smallest absolute Gasteiger partial charge is 0.187 e. The summed E-state index contributed by atoms with van der Waals surface area (Å²) in [7, 11) is 0. The van der Waals surface area contributed by atoms with Gasteiger partial charge in [-0.1, -0.05) is 11.6 Å². The van der Waals surface area contributed by atoms with Gasteiger partial charge in [-0.05, 0) is 30.3 Å². The standard InChI is InChI=1S/C13H10ClN3OS/c14-9-4-3-8(6-10(9)15)16-13-17-11(7-19-13)12-2-1-5-18-12/h1-7H,15H2,(H,16,17). The fourth-order valence-corrected chi connectivity index (χ4v) is 2.45. The second-order valence-electron chi connectivity index (χ2n) is 3.88. The van der Waals surface area contributed by atoms with Crippen molar-refractivity contribution in [2.75, 3.05) is 11.1 Å². The van der Waals surface area contributed by atoms with Gasteiger partial charge >= 0.3 is 0 Å². The molecule has 0 amide bonds. The Morgan fingerprint density at radius 1 is 1.32 bits per heavy atom. The summed E-state index contributed by atoms with van der Waals surface area (Å²) in [5.74, 6) is 0.750. The number of benzene rings is 1. The molecule has 0 unspecified atom stereocenters. The van der Waals surface area contributed by atoms with Crippen LogP contribution in [-0.2, 0) is 0 Å². The summed E-state index contributed by atoms with van der Waals surface area (Å²) in [5.41, 5.74) is 7.94. The van der Waals surface area contributed by atoms with Crippen molar-refractivity contribution in [2.24, 2.45) is 0 Å². The van der Waals surface area contributed by atoms with Crippen LogP contribution in [0.1, 0.15) is 0 Å². The number of aromatic nitrogens is 1. The fourth-order valence-electron chi connectivity index (χ4n) is 1.61. The zero-order valence-corrected chi connectivity index (χ0v) is 11.3. The Morgan fingerprint density at radius 3 is 2.95 bits per heavy atom. The number of halogens is 1. The average molecular weight is 292 g/mol. The van der Waals surface area contributed by atoms with Crippen LogP contribution in [-0.4, -0.2) is 4.98 Å². The number of hydrogen-bond donors (Lipinski definition) is 2. The number of thiazole rings is 1. The molecule has 0 spiro atoms. The largest absolute Gasteiger partial charge is 0.463 e. The van der Waals surface area contributed by atoms with Crippen molar-refractivity contribution in [3.63, 3.8) is 0 Å². The Hall–Kier alpha value is -1.98. The minimum atomic E-state index is 0.537. The van der Waals surface area contributed by atoms with E-state index in [2.05, 4.69) is 10.3 Å². The van der Waals surface area contributed by atoms with E-state index in [1.165, 1.54) is 11.3 Å². The highest BCUT2D eigenvalue weighted by Crippen LogP contribution is 2.29. The number of nitrogens with zero attached hydrogens (tertiary/aromatic N) is 1. The Balaban J connectivity index is 1.82. The number of nitrogens with one attached hydrogen (secondary N) is 1. The van der Waals surface area contributed by atoms with Crippen LogP contribution in [0.4, 0.5) is 16.5 Å². The third-order valence-corrected chi connectivity index (χ3v) is 3.63. The van der Waals surface area contributed by atoms with E-state index in [1.807, 2.05) is 23.6 Å². The van der Waals surface area contributed by atoms with Gasteiger partial charge in [0.2, 0.25) is 0 Å². The molecule has 3 N–H and O–H groups in total. The predicted molar refractivity (Wildman–Crippen MR) is 79.0 cm³/mol. The third-order valence-electron chi connectivity index (χ3n) is 2.53. The van der Waals surface area contributed by atoms with Crippen LogP contribution in [0.5, 0.6) is 0 Å². The third kappa shape index (κ3) is 2.57. The molecular formula is C13H10ClN3OS. The molecule has 0 atom stereocenters. The van der Waals surface area contributed by atoms with Crippen molar-refractivity contribution in [3.05, 3.63) is 47.0 Å². The van der Waals surface area contributed by atoms with Gasteiger partial charge in [0.05, 0.1) is 17.0 Å². The van der Waals surface area contributed by atoms with Crippen LogP contribution in [0.25, 0.3) is 11.5 Å². The number of nitrogens with two attached hydrogens (primary N) is 1. The molecule has 19 heavy (non-hydrogen) atoms. The highest BCUT2D eigenvalue weighted by molar-refractivity contribution is 7.14. The molecule has 0 fully saturated rings. The number of hydrogen-bond acceptors (Lipinski definition) is 5. The predicted octanol–water partition coefficient (Wildman–Crippen LogP) is 4.38. The molecule has 3 aromatic rings. The molecule has 6 heteroatoms. The first-order valence-electron chi connectivity index (χ1n) is 5.54. The normalized spacial score (nSPS) is 10.6. The molecule has 0 aliphatic heterocycles. The van der Waals surface area contributed by atoms with E-state index >= 15 is 0 Å². The summed E-state index contributed by atoms with van der Waals surface area (Å²) < 4.78 is 5.30. The first kappa shape index (κ1) is 12.1. The molecule has 96 valence electrons. The van der Waals surface area contributed by atoms with E-state index in [0.29, 0.717) is 10.7 Å². The van der Waals surface area contributed by atoms with Gasteiger partial charge in [0.25, 0.3) is 0 Å². The zero-order valence-electron chi connectivity index (χ0n) is 9.76. The topological polar surface area (TPSA) is 64.1 Å². The SMILES string of the molecule is Nc1cc(Nc2nc(-c3ccco3)cs2)ccc1Cl. The lowest BCUT2D eigenvalue weighted by molar-refractivity contribution is 0.580. The number of nitrogen functional groups attached to an aromatic ring is 1. The maximum atomic E-state index is 5.88. The molecule has 4 nitrogen and oxygen atoms in total. The lowest BCUT2D eigenvalue weighted by Gasteiger charge is -2.04. The molecule has 0 aliphatic rings. The van der Waals surface area contributed by atoms with Gasteiger partial charge in [-0.25, -0.2) is 4.98 Å². The quantitative estimate of drug-likeness (QED) is 0.703. The molecule has 0 saturated heterocycles. The van der Waals surface area contributed by atoms with Crippen molar-refractivity contribution >= 4 is 39.4 Å². The van der Waals surface area contributed by atoms with Crippen molar-refractivity contribution in [2.45, 2.75) is 0 Å². The highest BCUT2D eigenvalue weighted by Gasteiger charge is 2.07. The Bertz CT molecular complexity index is 694. The Morgan fingerprint density at radius 2 is 2.21 bits per heavy atom. The molecule has 0 bridgehead atoms. The second kappa shape index (κ2) is 4.95. The summed E-state index contributed by atoms with van der Waals surface area (Å²) in [4.78, 5) is 4.44. The van der Waals surface area contributed by atoms with Gasteiger partial charge in [0.1, 0.15) is 5.69 Å². The summed E-state index contributed by atoms with van der Waals surface area (Å²) in [6.45, 7) is 0. The van der Waals surface area contributed by atoms with Gasteiger partial charge < -0.3 is 15.5 Å². The van der Waals surface area contributed by atoms with Crippen molar-refractivity contribution in [3.8, 4) is 11.5 Å². The van der Waals surface area contributed by atoms with Gasteiger partial charge in [0.15, 0.2) is 10.9 Å². The van der Waals surface area contributed by atoms with Crippen LogP contribution in [0.3, 0.4) is 0 Å². The van der Waals surface area contributed by atoms with Gasteiger partial charge in [0, 0.05) is 11.1 Å². The maximum Gasteiger partial charge on any atom is 0.187 e. The molecule has 1 aromatic carbocycles. The second-order valence-corrected chi connectivity index (χ2v) is 5.14. The Labute approximate surface area is 118 Å². The van der Waals surface area contributed by atoms with Crippen molar-refractivity contribution in [1.29, 1.82) is 0 Å². The first-order valence-corrected chi connectivity index (χ1v) is 6.79. The van der Waals surface area contributed by atoms with Crippen molar-refractivity contribution in [1.82, 2.24) is 4.98 Å². The van der Waals surface area contributed by atoms with Crippen molar-refractivity contribution < 1.29 is 4.42 Å². The number of furan rings is 1. The van der Waals surface area contributed by atoms with Gasteiger partial charge in [-0.3, -0.25) is 0 Å². The minimum Gasteiger partial charge on any atom is -0.463 e. The van der Waals surface area contributed by atoms with Crippen LogP contribution in [0.15, 0.2) is 46.4 Å². The first-order chi connectivity index (χ1) is 9.22. The van der Waals surface area contributed by atoms with Crippen LogP contribution in [0, 0.1) is 0 Å². The van der Waals surface area contributed by atoms with Gasteiger partial charge in [-0.2, -0.15) is 0 Å².